The minimum absolute atomic E-state index is 0.584. The minimum Gasteiger partial charge on any atom is -0.453 e. The molecule has 0 aliphatic carbocycles. The van der Waals surface area contributed by atoms with Crippen LogP contribution in [-0.4, -0.2) is 40.3 Å². The molecule has 0 rings (SSSR count). The highest BCUT2D eigenvalue weighted by Gasteiger charge is 2.24. The highest BCUT2D eigenvalue weighted by atomic mass is 35.5. The summed E-state index contributed by atoms with van der Waals surface area (Å²) in [5.74, 6) is 1.47. The average molecular weight is 391 g/mol. The van der Waals surface area contributed by atoms with Gasteiger partial charge in [-0.15, -0.1) is 18.2 Å². The van der Waals surface area contributed by atoms with Crippen LogP contribution >= 0.6 is 11.6 Å². The molecule has 4 radical (unpaired) electrons. The standard InChI is InChI=1S/C17H35ClO2Si3/c1-16(23(4,5)20-22-3)11-8-6-7-9-12-17(13-10-14-18)15-19-21-2/h17H,1,6-15H2,2-5H3. The van der Waals surface area contributed by atoms with Gasteiger partial charge in [-0.05, 0) is 64.2 Å². The van der Waals surface area contributed by atoms with Crippen LogP contribution < -0.4 is 0 Å². The van der Waals surface area contributed by atoms with Crippen molar-refractivity contribution in [1.29, 1.82) is 0 Å². The van der Waals surface area contributed by atoms with Crippen molar-refractivity contribution in [2.45, 2.75) is 77.6 Å². The Kier molecular flexibility index (Phi) is 15.3. The predicted octanol–water partition coefficient (Wildman–Crippen LogP) is 5.63. The molecular formula is C17H35ClO2Si3. The molecule has 134 valence electrons. The molecule has 0 N–H and O–H groups in total. The summed E-state index contributed by atoms with van der Waals surface area (Å²) in [4.78, 5) is 0. The number of hydrogen-bond donors (Lipinski definition) is 0. The largest absolute Gasteiger partial charge is 0.453 e. The molecule has 6 heteroatoms. The third-order valence-corrected chi connectivity index (χ3v) is 9.79. The third-order valence-electron chi connectivity index (χ3n) is 4.26. The molecule has 2 nitrogen and oxygen atoms in total. The van der Waals surface area contributed by atoms with E-state index in [2.05, 4.69) is 32.8 Å². The molecule has 0 heterocycles. The van der Waals surface area contributed by atoms with Gasteiger partial charge in [0, 0.05) is 12.5 Å². The maximum atomic E-state index is 5.92. The first kappa shape index (κ1) is 23.6. The van der Waals surface area contributed by atoms with Gasteiger partial charge in [-0.1, -0.05) is 24.5 Å². The van der Waals surface area contributed by atoms with E-state index in [1.54, 1.807) is 0 Å². The predicted molar refractivity (Wildman–Crippen MR) is 108 cm³/mol. The van der Waals surface area contributed by atoms with Crippen LogP contribution in [0.15, 0.2) is 11.8 Å². The molecule has 0 aliphatic heterocycles. The zero-order valence-electron chi connectivity index (χ0n) is 15.5. The van der Waals surface area contributed by atoms with Gasteiger partial charge in [0.1, 0.15) is 0 Å². The molecule has 0 amide bonds. The van der Waals surface area contributed by atoms with Crippen molar-refractivity contribution in [3.8, 4) is 0 Å². The molecule has 1 unspecified atom stereocenters. The van der Waals surface area contributed by atoms with Gasteiger partial charge in [0.2, 0.25) is 27.8 Å². The summed E-state index contributed by atoms with van der Waals surface area (Å²) >= 11 is 5.82. The topological polar surface area (TPSA) is 18.5 Å². The van der Waals surface area contributed by atoms with Gasteiger partial charge in [0.25, 0.3) is 0 Å². The van der Waals surface area contributed by atoms with Crippen LogP contribution in [-0.2, 0) is 8.54 Å². The second kappa shape index (κ2) is 14.9. The number of alkyl halides is 1. The number of halogens is 1. The maximum Gasteiger partial charge on any atom is 0.226 e. The van der Waals surface area contributed by atoms with Crippen molar-refractivity contribution in [3.63, 3.8) is 0 Å². The highest BCUT2D eigenvalue weighted by Crippen LogP contribution is 2.22. The Hall–Kier alpha value is 0.601. The van der Waals surface area contributed by atoms with Crippen LogP contribution in [0.2, 0.25) is 26.2 Å². The fourth-order valence-corrected chi connectivity index (χ4v) is 6.59. The summed E-state index contributed by atoms with van der Waals surface area (Å²) in [5, 5.41) is 1.36. The van der Waals surface area contributed by atoms with Gasteiger partial charge in [-0.25, -0.2) is 0 Å². The second-order valence-electron chi connectivity index (χ2n) is 6.59. The van der Waals surface area contributed by atoms with E-state index in [4.69, 9.17) is 20.1 Å². The minimum atomic E-state index is -1.63. The first-order valence-corrected chi connectivity index (χ1v) is 15.1. The zero-order valence-corrected chi connectivity index (χ0v) is 19.3. The Balaban J connectivity index is 3.78. The summed E-state index contributed by atoms with van der Waals surface area (Å²) in [6.07, 6.45) is 9.92. The lowest BCUT2D eigenvalue weighted by molar-refractivity contribution is 0.237. The lowest BCUT2D eigenvalue weighted by Crippen LogP contribution is -2.34. The number of unbranched alkanes of at least 4 members (excludes halogenated alkanes) is 3. The third kappa shape index (κ3) is 12.6. The van der Waals surface area contributed by atoms with Crippen molar-refractivity contribution in [2.24, 2.45) is 5.92 Å². The Bertz CT molecular complexity index is 294. The van der Waals surface area contributed by atoms with Crippen molar-refractivity contribution in [1.82, 2.24) is 0 Å². The number of hydrogen-bond acceptors (Lipinski definition) is 2. The Morgan fingerprint density at radius 3 is 2.30 bits per heavy atom. The summed E-state index contributed by atoms with van der Waals surface area (Å²) < 4.78 is 11.5. The van der Waals surface area contributed by atoms with Crippen LogP contribution in [0, 0.1) is 5.92 Å². The lowest BCUT2D eigenvalue weighted by Gasteiger charge is -2.24. The van der Waals surface area contributed by atoms with E-state index in [1.165, 1.54) is 43.7 Å². The first-order valence-electron chi connectivity index (χ1n) is 8.85. The molecule has 0 fully saturated rings. The Morgan fingerprint density at radius 1 is 1.04 bits per heavy atom. The van der Waals surface area contributed by atoms with E-state index in [-0.39, 0.29) is 0 Å². The number of allylic oxidation sites excluding steroid dienone is 1. The highest BCUT2D eigenvalue weighted by molar-refractivity contribution is 6.81. The van der Waals surface area contributed by atoms with Crippen molar-refractivity contribution in [3.05, 3.63) is 11.8 Å². The molecule has 0 spiro atoms. The van der Waals surface area contributed by atoms with E-state index in [9.17, 15) is 0 Å². The SMILES string of the molecule is C=C(CCCCCCC(CCCCl)CO[Si]C)[Si](C)(C)O[Si]C. The van der Waals surface area contributed by atoms with Gasteiger partial charge in [0.15, 0.2) is 0 Å². The molecule has 23 heavy (non-hydrogen) atoms. The summed E-state index contributed by atoms with van der Waals surface area (Å²) in [6.45, 7) is 13.9. The fourth-order valence-electron chi connectivity index (χ4n) is 2.63. The summed E-state index contributed by atoms with van der Waals surface area (Å²) in [5.41, 5.74) is 0. The van der Waals surface area contributed by atoms with Gasteiger partial charge in [-0.3, -0.25) is 0 Å². The van der Waals surface area contributed by atoms with Gasteiger partial charge < -0.3 is 8.54 Å². The quantitative estimate of drug-likeness (QED) is 0.193. The molecule has 0 aliphatic rings. The van der Waals surface area contributed by atoms with E-state index in [0.29, 0.717) is 25.4 Å². The first-order chi connectivity index (χ1) is 11.0. The Morgan fingerprint density at radius 2 is 1.70 bits per heavy atom. The second-order valence-corrected chi connectivity index (χ2v) is 12.6. The van der Waals surface area contributed by atoms with Crippen LogP contribution in [0.5, 0.6) is 0 Å². The van der Waals surface area contributed by atoms with Crippen molar-refractivity contribution < 1.29 is 8.54 Å². The molecule has 0 bridgehead atoms. The van der Waals surface area contributed by atoms with Gasteiger partial charge in [-0.2, -0.15) is 0 Å². The number of rotatable bonds is 16. The molecule has 0 aromatic rings. The molecule has 1 atom stereocenters. The molecule has 0 saturated carbocycles. The maximum absolute atomic E-state index is 5.92. The van der Waals surface area contributed by atoms with E-state index >= 15 is 0 Å². The molecule has 0 aromatic heterocycles. The Labute approximate surface area is 155 Å². The summed E-state index contributed by atoms with van der Waals surface area (Å²) in [7, 11) is -0.448. The van der Waals surface area contributed by atoms with Crippen LogP contribution in [0.3, 0.4) is 0 Å². The van der Waals surface area contributed by atoms with Crippen LogP contribution in [0.1, 0.15) is 51.4 Å². The van der Waals surface area contributed by atoms with Crippen molar-refractivity contribution in [2.75, 3.05) is 12.5 Å². The normalized spacial score (nSPS) is 13.3. The van der Waals surface area contributed by atoms with Crippen molar-refractivity contribution >= 4 is 39.4 Å². The molecule has 0 aromatic carbocycles. The van der Waals surface area contributed by atoms with Gasteiger partial charge in [0.05, 0.1) is 0 Å². The molecular weight excluding hydrogens is 356 g/mol. The van der Waals surface area contributed by atoms with Gasteiger partial charge >= 0.3 is 0 Å². The van der Waals surface area contributed by atoms with Crippen LogP contribution in [0.4, 0.5) is 0 Å². The lowest BCUT2D eigenvalue weighted by atomic mass is 9.97. The van der Waals surface area contributed by atoms with E-state index in [0.717, 1.165) is 25.3 Å². The summed E-state index contributed by atoms with van der Waals surface area (Å²) in [6, 6.07) is 0. The fraction of sp³-hybridized carbons (Fsp3) is 0.882. The average Bonchev–Trinajstić information content (AvgIpc) is 2.52. The van der Waals surface area contributed by atoms with E-state index in [1.807, 2.05) is 0 Å². The zero-order chi connectivity index (χ0) is 17.6. The van der Waals surface area contributed by atoms with Crippen LogP contribution in [0.25, 0.3) is 0 Å². The molecule has 0 saturated heterocycles. The monoisotopic (exact) mass is 390 g/mol. The smallest absolute Gasteiger partial charge is 0.226 e. The van der Waals surface area contributed by atoms with E-state index < -0.39 is 8.32 Å².